The highest BCUT2D eigenvalue weighted by molar-refractivity contribution is 5.84. The summed E-state index contributed by atoms with van der Waals surface area (Å²) < 4.78 is 7.81. The molecule has 3 aromatic rings. The molecule has 38 heavy (non-hydrogen) atoms. The summed E-state index contributed by atoms with van der Waals surface area (Å²) in [5.41, 5.74) is 7.91. The predicted molar refractivity (Wildman–Crippen MR) is 153 cm³/mol. The van der Waals surface area contributed by atoms with E-state index in [0.717, 1.165) is 70.8 Å². The number of hydrogen-bond donors (Lipinski definition) is 1. The minimum Gasteiger partial charge on any atom is -0.480 e. The third-order valence-corrected chi connectivity index (χ3v) is 7.23. The quantitative estimate of drug-likeness (QED) is 0.317. The lowest BCUT2D eigenvalue weighted by atomic mass is 10.1. The third-order valence-electron chi connectivity index (χ3n) is 7.23. The standard InChI is InChI=1S/C31H32N6O/c1-21-10-12-23(13-11-21)37-29-9-5-4-7-24(29)34-28-19-26(35-25-8-6-16-32-31(25)38-3)27(20-30(28)37)33-22-14-17-36(2)18-15-22/h4-13,16,19-20,22,35H,14-15,17-18H2,1-3H3. The number of aromatic nitrogens is 3. The van der Waals surface area contributed by atoms with Crippen molar-refractivity contribution < 1.29 is 4.74 Å². The molecule has 0 atom stereocenters. The predicted octanol–water partition coefficient (Wildman–Crippen LogP) is 5.58. The lowest BCUT2D eigenvalue weighted by molar-refractivity contribution is 0.255. The van der Waals surface area contributed by atoms with Crippen LogP contribution >= 0.6 is 0 Å². The SMILES string of the molecule is COc1ncccc1Nc1cc2nc3ccccc3n(-c3ccc(C)cc3)c-2cc1=NC1CCN(C)CC1. The number of ether oxygens (including phenoxy) is 1. The van der Waals surface area contributed by atoms with Gasteiger partial charge in [0.05, 0.1) is 46.6 Å². The Morgan fingerprint density at radius 3 is 2.53 bits per heavy atom. The van der Waals surface area contributed by atoms with Crippen molar-refractivity contribution in [2.75, 3.05) is 32.6 Å². The van der Waals surface area contributed by atoms with Crippen molar-refractivity contribution in [2.45, 2.75) is 25.8 Å². The number of benzene rings is 3. The summed E-state index contributed by atoms with van der Waals surface area (Å²) in [4.78, 5) is 17.1. The van der Waals surface area contributed by atoms with E-state index in [4.69, 9.17) is 14.7 Å². The maximum Gasteiger partial charge on any atom is 0.237 e. The molecule has 3 heterocycles. The molecule has 1 saturated heterocycles. The van der Waals surface area contributed by atoms with Gasteiger partial charge in [0.2, 0.25) is 5.88 Å². The molecule has 0 radical (unpaired) electrons. The zero-order valence-corrected chi connectivity index (χ0v) is 22.1. The first kappa shape index (κ1) is 24.1. The number of fused-ring (bicyclic) bond motifs is 2. The number of anilines is 2. The highest BCUT2D eigenvalue weighted by atomic mass is 16.5. The van der Waals surface area contributed by atoms with Gasteiger partial charge in [0.15, 0.2) is 0 Å². The van der Waals surface area contributed by atoms with E-state index in [1.165, 1.54) is 5.56 Å². The smallest absolute Gasteiger partial charge is 0.237 e. The molecule has 1 aliphatic carbocycles. The number of hydrogen-bond acceptors (Lipinski definition) is 6. The Morgan fingerprint density at radius 2 is 1.74 bits per heavy atom. The van der Waals surface area contributed by atoms with E-state index in [2.05, 4.69) is 88.3 Å². The molecular weight excluding hydrogens is 472 g/mol. The zero-order valence-electron chi connectivity index (χ0n) is 22.1. The van der Waals surface area contributed by atoms with Crippen molar-refractivity contribution in [1.82, 2.24) is 19.4 Å². The van der Waals surface area contributed by atoms with Crippen molar-refractivity contribution in [1.29, 1.82) is 0 Å². The first-order valence-corrected chi connectivity index (χ1v) is 13.1. The fourth-order valence-electron chi connectivity index (χ4n) is 5.14. The van der Waals surface area contributed by atoms with Gasteiger partial charge in [-0.25, -0.2) is 9.97 Å². The van der Waals surface area contributed by atoms with Crippen LogP contribution < -0.4 is 15.4 Å². The lowest BCUT2D eigenvalue weighted by Crippen LogP contribution is -2.33. The summed E-state index contributed by atoms with van der Waals surface area (Å²) in [6, 6.07) is 25.3. The van der Waals surface area contributed by atoms with Gasteiger partial charge >= 0.3 is 0 Å². The Kier molecular flexibility index (Phi) is 6.52. The Bertz CT molecular complexity index is 1620. The van der Waals surface area contributed by atoms with E-state index in [-0.39, 0.29) is 6.04 Å². The summed E-state index contributed by atoms with van der Waals surface area (Å²) in [5.74, 6) is 0.541. The summed E-state index contributed by atoms with van der Waals surface area (Å²) in [7, 11) is 3.81. The topological polar surface area (TPSA) is 67.6 Å². The van der Waals surface area contributed by atoms with Crippen LogP contribution in [0.4, 0.5) is 11.4 Å². The maximum absolute atomic E-state index is 5.52. The fraction of sp³-hybridized carbons (Fsp3) is 0.258. The van der Waals surface area contributed by atoms with Crippen LogP contribution in [0.2, 0.25) is 0 Å². The lowest BCUT2D eigenvalue weighted by Gasteiger charge is -2.27. The largest absolute Gasteiger partial charge is 0.480 e. The van der Waals surface area contributed by atoms with Crippen LogP contribution in [-0.4, -0.2) is 52.7 Å². The number of aryl methyl sites for hydroxylation is 1. The molecule has 0 amide bonds. The molecule has 3 aliphatic rings. The molecular formula is C31H32N6O. The molecule has 0 spiro atoms. The van der Waals surface area contributed by atoms with Gasteiger partial charge in [0.25, 0.3) is 0 Å². The summed E-state index contributed by atoms with van der Waals surface area (Å²) in [6.07, 6.45) is 3.81. The molecule has 0 unspecified atom stereocenters. The van der Waals surface area contributed by atoms with E-state index in [1.54, 1.807) is 13.3 Å². The van der Waals surface area contributed by atoms with Crippen molar-refractivity contribution in [2.24, 2.45) is 4.99 Å². The number of likely N-dealkylation sites (tertiary alicyclic amines) is 1. The van der Waals surface area contributed by atoms with Crippen molar-refractivity contribution in [3.8, 4) is 23.0 Å². The van der Waals surface area contributed by atoms with Crippen molar-refractivity contribution >= 4 is 22.4 Å². The van der Waals surface area contributed by atoms with Crippen molar-refractivity contribution in [3.05, 3.63) is 89.9 Å². The molecule has 1 aromatic heterocycles. The van der Waals surface area contributed by atoms with Gasteiger partial charge in [-0.05, 0) is 88.4 Å². The third kappa shape index (κ3) is 4.73. The second-order valence-corrected chi connectivity index (χ2v) is 9.98. The van der Waals surface area contributed by atoms with Crippen LogP contribution in [0.15, 0.2) is 84.0 Å². The van der Waals surface area contributed by atoms with E-state index >= 15 is 0 Å². The Hall–Kier alpha value is -4.23. The number of nitrogens with zero attached hydrogens (tertiary/aromatic N) is 5. The van der Waals surface area contributed by atoms with E-state index in [0.29, 0.717) is 5.88 Å². The number of nitrogens with one attached hydrogen (secondary N) is 1. The molecule has 2 aromatic carbocycles. The Balaban J connectivity index is 1.60. The van der Waals surface area contributed by atoms with Crippen molar-refractivity contribution in [3.63, 3.8) is 0 Å². The van der Waals surface area contributed by atoms with Gasteiger partial charge in [0, 0.05) is 11.9 Å². The first-order chi connectivity index (χ1) is 18.6. The number of para-hydroxylation sites is 2. The molecule has 1 N–H and O–H groups in total. The Labute approximate surface area is 222 Å². The minimum absolute atomic E-state index is 0.265. The van der Waals surface area contributed by atoms with E-state index < -0.39 is 0 Å². The van der Waals surface area contributed by atoms with Crippen LogP contribution in [0, 0.1) is 6.92 Å². The van der Waals surface area contributed by atoms with Crippen LogP contribution in [-0.2, 0) is 0 Å². The number of piperidine rings is 1. The van der Waals surface area contributed by atoms with Gasteiger partial charge in [-0.2, -0.15) is 0 Å². The number of methoxy groups -OCH3 is 1. The van der Waals surface area contributed by atoms with Gasteiger partial charge in [0.1, 0.15) is 5.69 Å². The average molecular weight is 505 g/mol. The Morgan fingerprint density at radius 1 is 0.947 bits per heavy atom. The zero-order chi connectivity index (χ0) is 26.1. The summed E-state index contributed by atoms with van der Waals surface area (Å²) in [6.45, 7) is 4.22. The van der Waals surface area contributed by atoms with E-state index in [1.807, 2.05) is 18.2 Å². The fourth-order valence-corrected chi connectivity index (χ4v) is 5.14. The normalized spacial score (nSPS) is 15.3. The molecule has 7 heteroatoms. The molecule has 192 valence electrons. The molecule has 1 fully saturated rings. The van der Waals surface area contributed by atoms with Crippen LogP contribution in [0.25, 0.3) is 28.1 Å². The van der Waals surface area contributed by atoms with Gasteiger partial charge < -0.3 is 19.5 Å². The minimum atomic E-state index is 0.265. The van der Waals surface area contributed by atoms with Gasteiger partial charge in [-0.1, -0.05) is 29.8 Å². The monoisotopic (exact) mass is 504 g/mol. The molecule has 7 nitrogen and oxygen atoms in total. The molecule has 0 bridgehead atoms. The highest BCUT2D eigenvalue weighted by Gasteiger charge is 2.20. The average Bonchev–Trinajstić information content (AvgIpc) is 2.94. The molecule has 2 aliphatic heterocycles. The number of pyridine rings is 1. The van der Waals surface area contributed by atoms with E-state index in [9.17, 15) is 0 Å². The summed E-state index contributed by atoms with van der Waals surface area (Å²) >= 11 is 0. The van der Waals surface area contributed by atoms with Gasteiger partial charge in [-0.15, -0.1) is 0 Å². The number of rotatable bonds is 5. The first-order valence-electron chi connectivity index (χ1n) is 13.1. The van der Waals surface area contributed by atoms with Gasteiger partial charge in [-0.3, -0.25) is 4.99 Å². The molecule has 6 rings (SSSR count). The highest BCUT2D eigenvalue weighted by Crippen LogP contribution is 2.31. The van der Waals surface area contributed by atoms with Crippen LogP contribution in [0.1, 0.15) is 18.4 Å². The molecule has 0 saturated carbocycles. The second-order valence-electron chi connectivity index (χ2n) is 9.98. The summed E-state index contributed by atoms with van der Waals surface area (Å²) in [5, 5.41) is 4.47. The van der Waals surface area contributed by atoms with Crippen LogP contribution in [0.3, 0.4) is 0 Å². The van der Waals surface area contributed by atoms with Crippen LogP contribution in [0.5, 0.6) is 5.88 Å². The maximum atomic E-state index is 5.52. The second kappa shape index (κ2) is 10.3.